The van der Waals surface area contributed by atoms with Crippen LogP contribution in [0.25, 0.3) is 0 Å². The summed E-state index contributed by atoms with van der Waals surface area (Å²) in [6.45, 7) is 6.15. The molecular weight excluding hydrogens is 330 g/mol. The lowest BCUT2D eigenvalue weighted by Gasteiger charge is -2.11. The molecule has 2 N–H and O–H groups in total. The van der Waals surface area contributed by atoms with Gasteiger partial charge in [-0.05, 0) is 36.6 Å². The molecule has 0 amide bonds. The largest absolute Gasteiger partial charge is 0.467 e. The Kier molecular flexibility index (Phi) is 9.32. The molecule has 6 heteroatoms. The Balaban J connectivity index is 1.68. The lowest BCUT2D eigenvalue weighted by atomic mass is 10.1. The van der Waals surface area contributed by atoms with Crippen LogP contribution >= 0.6 is 0 Å². The smallest absolute Gasteiger partial charge is 0.191 e. The monoisotopic (exact) mass is 359 g/mol. The van der Waals surface area contributed by atoms with E-state index >= 15 is 0 Å². The zero-order valence-electron chi connectivity index (χ0n) is 15.7. The van der Waals surface area contributed by atoms with Gasteiger partial charge in [-0.1, -0.05) is 24.3 Å². The van der Waals surface area contributed by atoms with Gasteiger partial charge in [-0.3, -0.25) is 0 Å². The molecule has 2 rings (SSSR count). The standard InChI is InChI=1S/C20H29N3O3/c1-3-21-20(22-11-5-12-25-16-19-6-4-13-26-19)23-14-17-7-9-18(10-8-17)15-24-2/h4,6-10,13H,3,5,11-12,14-16H2,1-2H3,(H2,21,22,23). The van der Waals surface area contributed by atoms with Crippen LogP contribution in [-0.4, -0.2) is 32.8 Å². The Morgan fingerprint density at radius 1 is 1.08 bits per heavy atom. The molecule has 0 aliphatic carbocycles. The first-order valence-corrected chi connectivity index (χ1v) is 9.01. The van der Waals surface area contributed by atoms with E-state index in [-0.39, 0.29) is 0 Å². The van der Waals surface area contributed by atoms with Gasteiger partial charge in [0.25, 0.3) is 0 Å². The molecule has 142 valence electrons. The van der Waals surface area contributed by atoms with Crippen molar-refractivity contribution in [1.29, 1.82) is 0 Å². The number of aliphatic imine (C=N–C) groups is 1. The summed E-state index contributed by atoms with van der Waals surface area (Å²) in [6.07, 6.45) is 2.56. The average Bonchev–Trinajstić information content (AvgIpc) is 3.17. The number of rotatable bonds is 11. The third-order valence-corrected chi connectivity index (χ3v) is 3.68. The molecule has 1 aromatic heterocycles. The summed E-state index contributed by atoms with van der Waals surface area (Å²) in [5.74, 6) is 1.67. The zero-order chi connectivity index (χ0) is 18.5. The molecule has 6 nitrogen and oxygen atoms in total. The summed E-state index contributed by atoms with van der Waals surface area (Å²) in [6, 6.07) is 12.1. The summed E-state index contributed by atoms with van der Waals surface area (Å²) in [7, 11) is 1.70. The first kappa shape index (κ1) is 20.0. The summed E-state index contributed by atoms with van der Waals surface area (Å²) in [4.78, 5) is 4.63. The number of benzene rings is 1. The summed E-state index contributed by atoms with van der Waals surface area (Å²) in [5, 5.41) is 6.59. The highest BCUT2D eigenvalue weighted by Crippen LogP contribution is 2.06. The first-order chi connectivity index (χ1) is 12.8. The highest BCUT2D eigenvalue weighted by atomic mass is 16.5. The predicted octanol–water partition coefficient (Wildman–Crippen LogP) is 3.09. The van der Waals surface area contributed by atoms with E-state index in [0.717, 1.165) is 31.2 Å². The molecule has 0 atom stereocenters. The third-order valence-electron chi connectivity index (χ3n) is 3.68. The molecule has 26 heavy (non-hydrogen) atoms. The molecule has 0 aliphatic heterocycles. The highest BCUT2D eigenvalue weighted by Gasteiger charge is 1.99. The normalized spacial score (nSPS) is 11.5. The second-order valence-corrected chi connectivity index (χ2v) is 5.86. The van der Waals surface area contributed by atoms with Crippen LogP contribution in [-0.2, 0) is 29.2 Å². The number of furan rings is 1. The summed E-state index contributed by atoms with van der Waals surface area (Å²) in [5.41, 5.74) is 2.34. The molecule has 1 aromatic carbocycles. The van der Waals surface area contributed by atoms with Crippen molar-refractivity contribution in [3.05, 3.63) is 59.5 Å². The van der Waals surface area contributed by atoms with Gasteiger partial charge >= 0.3 is 0 Å². The fraction of sp³-hybridized carbons (Fsp3) is 0.450. The van der Waals surface area contributed by atoms with Crippen molar-refractivity contribution < 1.29 is 13.9 Å². The molecule has 0 spiro atoms. The average molecular weight is 359 g/mol. The van der Waals surface area contributed by atoms with Gasteiger partial charge in [-0.25, -0.2) is 4.99 Å². The minimum atomic E-state index is 0.514. The number of hydrogen-bond acceptors (Lipinski definition) is 4. The quantitative estimate of drug-likeness (QED) is 0.367. The summed E-state index contributed by atoms with van der Waals surface area (Å²) < 4.78 is 15.9. The number of nitrogens with one attached hydrogen (secondary N) is 2. The van der Waals surface area contributed by atoms with E-state index in [1.807, 2.05) is 12.1 Å². The van der Waals surface area contributed by atoms with E-state index in [1.165, 1.54) is 11.1 Å². The SMILES string of the molecule is CCNC(=NCc1ccc(COC)cc1)NCCCOCc1ccco1. The van der Waals surface area contributed by atoms with E-state index < -0.39 is 0 Å². The number of nitrogens with zero attached hydrogens (tertiary/aromatic N) is 1. The van der Waals surface area contributed by atoms with Crippen molar-refractivity contribution in [2.24, 2.45) is 4.99 Å². The Bertz CT molecular complexity index is 624. The molecule has 0 fully saturated rings. The fourth-order valence-electron chi connectivity index (χ4n) is 2.37. The molecule has 2 aromatic rings. The van der Waals surface area contributed by atoms with E-state index in [2.05, 4.69) is 46.8 Å². The van der Waals surface area contributed by atoms with E-state index in [4.69, 9.17) is 13.9 Å². The van der Waals surface area contributed by atoms with Crippen LogP contribution in [0, 0.1) is 0 Å². The number of ether oxygens (including phenoxy) is 2. The molecule has 1 heterocycles. The van der Waals surface area contributed by atoms with Gasteiger partial charge in [-0.15, -0.1) is 0 Å². The van der Waals surface area contributed by atoms with Gasteiger partial charge in [-0.2, -0.15) is 0 Å². The number of methoxy groups -OCH3 is 1. The lowest BCUT2D eigenvalue weighted by Crippen LogP contribution is -2.38. The predicted molar refractivity (Wildman–Crippen MR) is 103 cm³/mol. The first-order valence-electron chi connectivity index (χ1n) is 9.01. The minimum absolute atomic E-state index is 0.514. The van der Waals surface area contributed by atoms with Crippen molar-refractivity contribution in [1.82, 2.24) is 10.6 Å². The van der Waals surface area contributed by atoms with Crippen molar-refractivity contribution in [2.75, 3.05) is 26.8 Å². The lowest BCUT2D eigenvalue weighted by molar-refractivity contribution is 0.105. The second-order valence-electron chi connectivity index (χ2n) is 5.86. The molecule has 0 aliphatic rings. The van der Waals surface area contributed by atoms with Gasteiger partial charge in [0.1, 0.15) is 12.4 Å². The topological polar surface area (TPSA) is 68.0 Å². The maximum atomic E-state index is 5.58. The van der Waals surface area contributed by atoms with Crippen molar-refractivity contribution in [3.63, 3.8) is 0 Å². The van der Waals surface area contributed by atoms with Gasteiger partial charge in [0.05, 0.1) is 19.4 Å². The maximum Gasteiger partial charge on any atom is 0.191 e. The molecular formula is C20H29N3O3. The maximum absolute atomic E-state index is 5.58. The molecule has 0 saturated heterocycles. The molecule has 0 saturated carbocycles. The second kappa shape index (κ2) is 12.1. The fourth-order valence-corrected chi connectivity index (χ4v) is 2.37. The van der Waals surface area contributed by atoms with Crippen LogP contribution in [0.4, 0.5) is 0 Å². The van der Waals surface area contributed by atoms with E-state index in [9.17, 15) is 0 Å². The van der Waals surface area contributed by atoms with E-state index in [1.54, 1.807) is 13.4 Å². The number of guanidine groups is 1. The van der Waals surface area contributed by atoms with Crippen LogP contribution in [0.5, 0.6) is 0 Å². The Morgan fingerprint density at radius 2 is 1.88 bits per heavy atom. The van der Waals surface area contributed by atoms with Crippen molar-refractivity contribution in [3.8, 4) is 0 Å². The van der Waals surface area contributed by atoms with Crippen LogP contribution in [0.15, 0.2) is 52.1 Å². The third kappa shape index (κ3) is 7.72. The van der Waals surface area contributed by atoms with Crippen LogP contribution in [0.1, 0.15) is 30.2 Å². The Labute approximate surface area is 155 Å². The number of hydrogen-bond donors (Lipinski definition) is 2. The van der Waals surface area contributed by atoms with Crippen molar-refractivity contribution in [2.45, 2.75) is 33.1 Å². The van der Waals surface area contributed by atoms with Crippen molar-refractivity contribution >= 4 is 5.96 Å². The molecule has 0 radical (unpaired) electrons. The minimum Gasteiger partial charge on any atom is -0.467 e. The Hall–Kier alpha value is -2.31. The summed E-state index contributed by atoms with van der Waals surface area (Å²) >= 11 is 0. The van der Waals surface area contributed by atoms with Crippen LogP contribution in [0.2, 0.25) is 0 Å². The Morgan fingerprint density at radius 3 is 2.58 bits per heavy atom. The van der Waals surface area contributed by atoms with Gasteiger partial charge in [0.2, 0.25) is 0 Å². The van der Waals surface area contributed by atoms with Gasteiger partial charge in [0.15, 0.2) is 5.96 Å². The molecule has 0 unspecified atom stereocenters. The van der Waals surface area contributed by atoms with Gasteiger partial charge < -0.3 is 24.5 Å². The van der Waals surface area contributed by atoms with E-state index in [0.29, 0.717) is 26.4 Å². The van der Waals surface area contributed by atoms with Crippen LogP contribution in [0.3, 0.4) is 0 Å². The van der Waals surface area contributed by atoms with Gasteiger partial charge in [0, 0.05) is 26.8 Å². The zero-order valence-corrected chi connectivity index (χ0v) is 15.7. The van der Waals surface area contributed by atoms with Crippen LogP contribution < -0.4 is 10.6 Å². The highest BCUT2D eigenvalue weighted by molar-refractivity contribution is 5.79. The molecule has 0 bridgehead atoms.